The maximum atomic E-state index is 3.84. The zero-order chi connectivity index (χ0) is 18.2. The minimum absolute atomic E-state index is 0.227. The molecule has 0 N–H and O–H groups in total. The Morgan fingerprint density at radius 2 is 1.22 bits per heavy atom. The van der Waals surface area contributed by atoms with E-state index >= 15 is 0 Å². The Hall–Kier alpha value is -2.64. The van der Waals surface area contributed by atoms with Crippen molar-refractivity contribution < 1.29 is 0 Å². The van der Waals surface area contributed by atoms with E-state index in [-0.39, 0.29) is 5.41 Å². The number of hydrogen-bond acceptors (Lipinski definition) is 0. The summed E-state index contributed by atoms with van der Waals surface area (Å²) in [4.78, 5) is 0. The third kappa shape index (κ3) is 1.74. The molecule has 0 amide bonds. The van der Waals surface area contributed by atoms with Gasteiger partial charge in [-0.1, -0.05) is 100 Å². The molecule has 1 heteroatoms. The van der Waals surface area contributed by atoms with E-state index in [4.69, 9.17) is 0 Å². The van der Waals surface area contributed by atoms with Crippen LogP contribution in [-0.2, 0) is 5.41 Å². The van der Waals surface area contributed by atoms with Gasteiger partial charge in [-0.2, -0.15) is 0 Å². The Labute approximate surface area is 167 Å². The van der Waals surface area contributed by atoms with E-state index in [9.17, 15) is 0 Å². The quantitative estimate of drug-likeness (QED) is 0.251. The molecule has 0 nitrogen and oxygen atoms in total. The van der Waals surface area contributed by atoms with Crippen molar-refractivity contribution in [3.8, 4) is 22.3 Å². The van der Waals surface area contributed by atoms with E-state index in [1.807, 2.05) is 0 Å². The Balaban J connectivity index is 1.88. The first kappa shape index (κ1) is 15.4. The highest BCUT2D eigenvalue weighted by atomic mass is 79.9. The molecule has 0 heterocycles. The Morgan fingerprint density at radius 1 is 0.593 bits per heavy atom. The molecule has 1 spiro atoms. The van der Waals surface area contributed by atoms with Crippen molar-refractivity contribution in [2.45, 2.75) is 12.3 Å². The first-order chi connectivity index (χ1) is 13.2. The van der Waals surface area contributed by atoms with Gasteiger partial charge in [-0.3, -0.25) is 0 Å². The van der Waals surface area contributed by atoms with Crippen LogP contribution in [0.4, 0.5) is 0 Å². The lowest BCUT2D eigenvalue weighted by Gasteiger charge is -2.30. The summed E-state index contributed by atoms with van der Waals surface area (Å²) in [5, 5.41) is 0. The van der Waals surface area contributed by atoms with E-state index in [0.717, 1.165) is 0 Å². The molecular weight excluding hydrogens is 392 g/mol. The number of rotatable bonds is 0. The van der Waals surface area contributed by atoms with Crippen LogP contribution in [-0.4, -0.2) is 0 Å². The lowest BCUT2D eigenvalue weighted by molar-refractivity contribution is 0.793. The van der Waals surface area contributed by atoms with Crippen LogP contribution in [0.2, 0.25) is 0 Å². The molecule has 2 aliphatic rings. The van der Waals surface area contributed by atoms with Gasteiger partial charge in [-0.25, -0.2) is 0 Å². The van der Waals surface area contributed by atoms with E-state index < -0.39 is 0 Å². The largest absolute Gasteiger partial charge is 0.0725 e. The number of benzene rings is 4. The number of aryl methyl sites for hydroxylation is 1. The second kappa shape index (κ2) is 5.21. The molecule has 0 aliphatic heterocycles. The maximum Gasteiger partial charge on any atom is 0.0725 e. The smallest absolute Gasteiger partial charge is 0.0619 e. The molecule has 4 aromatic rings. The van der Waals surface area contributed by atoms with Crippen LogP contribution < -0.4 is 0 Å². The molecular formula is C26H17Br. The van der Waals surface area contributed by atoms with Crippen LogP contribution in [0.3, 0.4) is 0 Å². The number of halogens is 1. The lowest BCUT2D eigenvalue weighted by Crippen LogP contribution is -2.25. The molecule has 0 aromatic heterocycles. The van der Waals surface area contributed by atoms with Crippen molar-refractivity contribution in [1.29, 1.82) is 0 Å². The molecule has 4 aromatic carbocycles. The second-order valence-electron chi connectivity index (χ2n) is 7.55. The molecule has 1 unspecified atom stereocenters. The van der Waals surface area contributed by atoms with E-state index in [0.29, 0.717) is 0 Å². The van der Waals surface area contributed by atoms with Crippen molar-refractivity contribution in [3.05, 3.63) is 117 Å². The summed E-state index contributed by atoms with van der Waals surface area (Å²) in [6.07, 6.45) is 0. The van der Waals surface area contributed by atoms with Crippen molar-refractivity contribution in [2.75, 3.05) is 0 Å². The van der Waals surface area contributed by atoms with E-state index in [1.165, 1.54) is 54.5 Å². The topological polar surface area (TPSA) is 0 Å². The molecule has 27 heavy (non-hydrogen) atoms. The highest BCUT2D eigenvalue weighted by Crippen LogP contribution is 2.63. The third-order valence-electron chi connectivity index (χ3n) is 6.22. The van der Waals surface area contributed by atoms with Crippen LogP contribution in [0, 0.1) is 6.92 Å². The van der Waals surface area contributed by atoms with Crippen molar-refractivity contribution in [2.24, 2.45) is 0 Å². The zero-order valence-corrected chi connectivity index (χ0v) is 16.5. The highest BCUT2D eigenvalue weighted by molar-refractivity contribution is 9.10. The van der Waals surface area contributed by atoms with Crippen LogP contribution in [0.1, 0.15) is 27.8 Å². The molecule has 128 valence electrons. The van der Waals surface area contributed by atoms with Gasteiger partial charge in [0.15, 0.2) is 0 Å². The minimum atomic E-state index is -0.227. The zero-order valence-electron chi connectivity index (χ0n) is 15.0. The summed E-state index contributed by atoms with van der Waals surface area (Å²) in [6, 6.07) is 31.4. The summed E-state index contributed by atoms with van der Waals surface area (Å²) in [5.41, 5.74) is 12.0. The molecule has 0 bridgehead atoms. The Bertz CT molecular complexity index is 1250. The predicted molar refractivity (Wildman–Crippen MR) is 115 cm³/mol. The van der Waals surface area contributed by atoms with Crippen molar-refractivity contribution >= 4 is 15.9 Å². The summed E-state index contributed by atoms with van der Waals surface area (Å²) >= 11 is 3.84. The average Bonchev–Trinajstić information content (AvgIpc) is 3.16. The van der Waals surface area contributed by atoms with Crippen LogP contribution >= 0.6 is 15.9 Å². The molecule has 1 atom stereocenters. The van der Waals surface area contributed by atoms with E-state index in [2.05, 4.69) is 108 Å². The molecule has 0 radical (unpaired) electrons. The fourth-order valence-corrected chi connectivity index (χ4v) is 5.84. The van der Waals surface area contributed by atoms with Gasteiger partial charge in [0.2, 0.25) is 0 Å². The lowest BCUT2D eigenvalue weighted by atomic mass is 9.70. The molecule has 0 fully saturated rings. The third-order valence-corrected chi connectivity index (χ3v) is 6.88. The van der Waals surface area contributed by atoms with Gasteiger partial charge in [-0.05, 0) is 51.9 Å². The fraction of sp³-hybridized carbons (Fsp3) is 0.0769. The standard InChI is InChI=1S/C26H17Br/c1-16-13-14-22-19(15-16)17-7-2-4-9-20(17)26(22)21-10-5-3-8-18(21)25-23(26)11-6-12-24(25)27/h2-15H,1H3. The predicted octanol–water partition coefficient (Wildman–Crippen LogP) is 7.10. The Morgan fingerprint density at radius 3 is 2.04 bits per heavy atom. The Kier molecular flexibility index (Phi) is 2.97. The summed E-state index contributed by atoms with van der Waals surface area (Å²) in [7, 11) is 0. The van der Waals surface area contributed by atoms with Crippen molar-refractivity contribution in [1.82, 2.24) is 0 Å². The van der Waals surface area contributed by atoms with Crippen LogP contribution in [0.25, 0.3) is 22.3 Å². The van der Waals surface area contributed by atoms with Gasteiger partial charge in [0.1, 0.15) is 0 Å². The fourth-order valence-electron chi connectivity index (χ4n) is 5.26. The SMILES string of the molecule is Cc1ccc2c(c1)-c1ccccc1C21c2ccccc2-c2c(Br)cccc21. The van der Waals surface area contributed by atoms with Gasteiger partial charge in [0.25, 0.3) is 0 Å². The van der Waals surface area contributed by atoms with Gasteiger partial charge in [0, 0.05) is 10.0 Å². The maximum absolute atomic E-state index is 3.84. The molecule has 2 aliphatic carbocycles. The minimum Gasteiger partial charge on any atom is -0.0619 e. The monoisotopic (exact) mass is 408 g/mol. The number of hydrogen-bond donors (Lipinski definition) is 0. The average molecular weight is 409 g/mol. The normalized spacial score (nSPS) is 18.1. The van der Waals surface area contributed by atoms with E-state index in [1.54, 1.807) is 0 Å². The summed E-state index contributed by atoms with van der Waals surface area (Å²) < 4.78 is 1.17. The van der Waals surface area contributed by atoms with Gasteiger partial charge < -0.3 is 0 Å². The van der Waals surface area contributed by atoms with Crippen LogP contribution in [0.15, 0.2) is 89.4 Å². The van der Waals surface area contributed by atoms with Gasteiger partial charge in [-0.15, -0.1) is 0 Å². The second-order valence-corrected chi connectivity index (χ2v) is 8.41. The number of fused-ring (bicyclic) bond motifs is 10. The van der Waals surface area contributed by atoms with Gasteiger partial charge >= 0.3 is 0 Å². The highest BCUT2D eigenvalue weighted by Gasteiger charge is 2.51. The van der Waals surface area contributed by atoms with Gasteiger partial charge in [0.05, 0.1) is 5.41 Å². The van der Waals surface area contributed by atoms with Crippen LogP contribution in [0.5, 0.6) is 0 Å². The molecule has 6 rings (SSSR count). The summed E-state index contributed by atoms with van der Waals surface area (Å²) in [5.74, 6) is 0. The first-order valence-electron chi connectivity index (χ1n) is 9.33. The molecule has 0 saturated heterocycles. The first-order valence-corrected chi connectivity index (χ1v) is 10.1. The molecule has 0 saturated carbocycles. The summed E-state index contributed by atoms with van der Waals surface area (Å²) in [6.45, 7) is 2.18. The van der Waals surface area contributed by atoms with Crippen molar-refractivity contribution in [3.63, 3.8) is 0 Å².